The van der Waals surface area contributed by atoms with E-state index in [2.05, 4.69) is 5.32 Å². The lowest BCUT2D eigenvalue weighted by molar-refractivity contribution is -0.137. The number of hydrogen-bond acceptors (Lipinski definition) is 4. The van der Waals surface area contributed by atoms with Crippen molar-refractivity contribution < 1.29 is 14.7 Å². The van der Waals surface area contributed by atoms with Gasteiger partial charge in [-0.15, -0.1) is 0 Å². The van der Waals surface area contributed by atoms with Crippen LogP contribution in [0.5, 0.6) is 0 Å². The number of nitriles is 1. The molecule has 0 heterocycles. The molecule has 0 aliphatic rings. The summed E-state index contributed by atoms with van der Waals surface area (Å²) in [5.41, 5.74) is 0. The van der Waals surface area contributed by atoms with Gasteiger partial charge in [0.15, 0.2) is 0 Å². The maximum absolute atomic E-state index is 11.6. The van der Waals surface area contributed by atoms with Crippen LogP contribution in [0.2, 0.25) is 0 Å². The number of rotatable bonds is 10. The molecule has 0 radical (unpaired) electrons. The third kappa shape index (κ3) is 10.0. The quantitative estimate of drug-likeness (QED) is 0.573. The molecule has 0 spiro atoms. The Morgan fingerprint density at radius 1 is 1.42 bits per heavy atom. The number of likely N-dealkylation sites (N-methyl/N-ethyl adjacent to an activating group) is 1. The number of carbonyl (C=O) groups excluding carboxylic acids is 1. The van der Waals surface area contributed by atoms with Gasteiger partial charge in [-0.1, -0.05) is 6.92 Å². The second-order valence-corrected chi connectivity index (χ2v) is 4.73. The van der Waals surface area contributed by atoms with Gasteiger partial charge in [-0.05, 0) is 25.3 Å². The fourth-order valence-electron chi connectivity index (χ4n) is 1.54. The minimum atomic E-state index is -0.769. The van der Waals surface area contributed by atoms with Crippen LogP contribution in [0.4, 0.5) is 0 Å². The Balaban J connectivity index is 3.60. The van der Waals surface area contributed by atoms with Crippen LogP contribution < -0.4 is 5.32 Å². The first-order chi connectivity index (χ1) is 8.97. The molecule has 0 bridgehead atoms. The monoisotopic (exact) mass is 269 g/mol. The van der Waals surface area contributed by atoms with Crippen molar-refractivity contribution in [3.8, 4) is 6.07 Å². The molecule has 0 saturated heterocycles. The number of nitrogens with zero attached hydrogens (tertiary/aromatic N) is 2. The Kier molecular flexibility index (Phi) is 9.45. The van der Waals surface area contributed by atoms with Crippen LogP contribution in [0.25, 0.3) is 0 Å². The van der Waals surface area contributed by atoms with E-state index in [0.29, 0.717) is 31.8 Å². The number of aliphatic carboxylic acids is 1. The average molecular weight is 269 g/mol. The summed E-state index contributed by atoms with van der Waals surface area (Å²) in [7, 11) is 1.68. The van der Waals surface area contributed by atoms with E-state index in [9.17, 15) is 9.59 Å². The summed E-state index contributed by atoms with van der Waals surface area (Å²) >= 11 is 0. The molecule has 0 rings (SSSR count). The van der Waals surface area contributed by atoms with Gasteiger partial charge >= 0.3 is 5.97 Å². The van der Waals surface area contributed by atoms with Crippen LogP contribution in [0.3, 0.4) is 0 Å². The smallest absolute Gasteiger partial charge is 0.303 e. The summed E-state index contributed by atoms with van der Waals surface area (Å²) in [4.78, 5) is 23.5. The predicted molar refractivity (Wildman–Crippen MR) is 71.4 cm³/mol. The highest BCUT2D eigenvalue weighted by Crippen LogP contribution is 2.08. The lowest BCUT2D eigenvalue weighted by Gasteiger charge is -2.16. The maximum Gasteiger partial charge on any atom is 0.303 e. The Morgan fingerprint density at radius 3 is 2.68 bits per heavy atom. The molecule has 0 aliphatic heterocycles. The van der Waals surface area contributed by atoms with Crippen molar-refractivity contribution in [1.29, 1.82) is 5.26 Å². The van der Waals surface area contributed by atoms with Crippen molar-refractivity contribution in [3.63, 3.8) is 0 Å². The molecule has 108 valence electrons. The van der Waals surface area contributed by atoms with E-state index < -0.39 is 5.97 Å². The van der Waals surface area contributed by atoms with E-state index in [4.69, 9.17) is 10.4 Å². The van der Waals surface area contributed by atoms with Crippen LogP contribution in [-0.4, -0.2) is 48.6 Å². The Bertz CT molecular complexity index is 326. The summed E-state index contributed by atoms with van der Waals surface area (Å²) in [5, 5.41) is 20.0. The standard InChI is InChI=1S/C13H23N3O3/c1-11(4-5-13(18)19)6-8-15-10-12(17)16(2)9-3-7-14/h11,15H,3-6,8-10H2,1-2H3,(H,18,19). The van der Waals surface area contributed by atoms with Crippen molar-refractivity contribution in [1.82, 2.24) is 10.2 Å². The largest absolute Gasteiger partial charge is 0.481 e. The van der Waals surface area contributed by atoms with Crippen LogP contribution in [-0.2, 0) is 9.59 Å². The molecule has 1 amide bonds. The molecule has 0 fully saturated rings. The molecule has 6 nitrogen and oxygen atoms in total. The summed E-state index contributed by atoms with van der Waals surface area (Å²) in [5.74, 6) is -0.474. The predicted octanol–water partition coefficient (Wildman–Crippen LogP) is 0.839. The van der Waals surface area contributed by atoms with E-state index in [1.165, 1.54) is 4.90 Å². The number of carboxylic acid groups (broad SMARTS) is 1. The molecule has 1 atom stereocenters. The second-order valence-electron chi connectivity index (χ2n) is 4.73. The van der Waals surface area contributed by atoms with E-state index in [-0.39, 0.29) is 18.9 Å². The maximum atomic E-state index is 11.6. The highest BCUT2D eigenvalue weighted by atomic mass is 16.4. The fourth-order valence-corrected chi connectivity index (χ4v) is 1.54. The van der Waals surface area contributed by atoms with E-state index in [0.717, 1.165) is 6.42 Å². The zero-order valence-corrected chi connectivity index (χ0v) is 11.7. The summed E-state index contributed by atoms with van der Waals surface area (Å²) < 4.78 is 0. The minimum Gasteiger partial charge on any atom is -0.481 e. The molecule has 6 heteroatoms. The van der Waals surface area contributed by atoms with Gasteiger partial charge in [0.2, 0.25) is 5.91 Å². The summed E-state index contributed by atoms with van der Waals surface area (Å²) in [6, 6.07) is 2.00. The normalized spacial score (nSPS) is 11.6. The number of hydrogen-bond donors (Lipinski definition) is 2. The molecular formula is C13H23N3O3. The van der Waals surface area contributed by atoms with Gasteiger partial charge in [0.05, 0.1) is 19.0 Å². The first kappa shape index (κ1) is 17.4. The fraction of sp³-hybridized carbons (Fsp3) is 0.769. The van der Waals surface area contributed by atoms with Crippen molar-refractivity contribution >= 4 is 11.9 Å². The first-order valence-electron chi connectivity index (χ1n) is 6.50. The van der Waals surface area contributed by atoms with Crippen LogP contribution in [0.15, 0.2) is 0 Å². The number of carbonyl (C=O) groups is 2. The molecule has 0 aromatic rings. The van der Waals surface area contributed by atoms with Crippen LogP contribution in [0, 0.1) is 17.2 Å². The van der Waals surface area contributed by atoms with Gasteiger partial charge in [0.1, 0.15) is 0 Å². The molecule has 1 unspecified atom stereocenters. The number of amides is 1. The number of nitrogens with one attached hydrogen (secondary N) is 1. The molecule has 0 aromatic heterocycles. The highest BCUT2D eigenvalue weighted by Gasteiger charge is 2.08. The number of carboxylic acids is 1. The Morgan fingerprint density at radius 2 is 2.11 bits per heavy atom. The second kappa shape index (κ2) is 10.3. The first-order valence-corrected chi connectivity index (χ1v) is 6.50. The molecule has 2 N–H and O–H groups in total. The Hall–Kier alpha value is -1.61. The van der Waals surface area contributed by atoms with E-state index >= 15 is 0 Å². The third-order valence-corrected chi connectivity index (χ3v) is 2.93. The lowest BCUT2D eigenvalue weighted by Crippen LogP contribution is -2.36. The van der Waals surface area contributed by atoms with E-state index in [1.54, 1.807) is 7.05 Å². The molecule has 19 heavy (non-hydrogen) atoms. The lowest BCUT2D eigenvalue weighted by atomic mass is 10.0. The summed E-state index contributed by atoms with van der Waals surface area (Å²) in [6.07, 6.45) is 2.04. The van der Waals surface area contributed by atoms with Gasteiger partial charge in [-0.3, -0.25) is 9.59 Å². The van der Waals surface area contributed by atoms with Crippen molar-refractivity contribution in [3.05, 3.63) is 0 Å². The molecule has 0 aromatic carbocycles. The SMILES string of the molecule is CC(CCNCC(=O)N(C)CCC#N)CCC(=O)O. The van der Waals surface area contributed by atoms with Crippen molar-refractivity contribution in [2.24, 2.45) is 5.92 Å². The molecular weight excluding hydrogens is 246 g/mol. The van der Waals surface area contributed by atoms with Gasteiger partial charge in [-0.25, -0.2) is 0 Å². The topological polar surface area (TPSA) is 93.4 Å². The highest BCUT2D eigenvalue weighted by molar-refractivity contribution is 5.77. The van der Waals surface area contributed by atoms with Gasteiger partial charge in [0, 0.05) is 20.0 Å². The van der Waals surface area contributed by atoms with Gasteiger partial charge in [0.25, 0.3) is 0 Å². The van der Waals surface area contributed by atoms with E-state index in [1.807, 2.05) is 13.0 Å². The van der Waals surface area contributed by atoms with Crippen molar-refractivity contribution in [2.75, 3.05) is 26.7 Å². The Labute approximate surface area is 114 Å². The van der Waals surface area contributed by atoms with Crippen LogP contribution >= 0.6 is 0 Å². The van der Waals surface area contributed by atoms with Crippen molar-refractivity contribution in [2.45, 2.75) is 32.6 Å². The zero-order valence-electron chi connectivity index (χ0n) is 11.7. The average Bonchev–Trinajstić information content (AvgIpc) is 2.38. The minimum absolute atomic E-state index is 0.0339. The third-order valence-electron chi connectivity index (χ3n) is 2.93. The zero-order chi connectivity index (χ0) is 14.7. The van der Waals surface area contributed by atoms with Crippen LogP contribution in [0.1, 0.15) is 32.6 Å². The summed E-state index contributed by atoms with van der Waals surface area (Å²) in [6.45, 7) is 3.41. The molecule has 0 saturated carbocycles. The van der Waals surface area contributed by atoms with Gasteiger partial charge < -0.3 is 15.3 Å². The van der Waals surface area contributed by atoms with Gasteiger partial charge in [-0.2, -0.15) is 5.26 Å². The molecule has 0 aliphatic carbocycles.